The number of aromatic nitrogens is 3. The van der Waals surface area contributed by atoms with Gasteiger partial charge < -0.3 is 10.2 Å². The molecule has 0 saturated carbocycles. The zero-order valence-electron chi connectivity index (χ0n) is 10.3. The highest BCUT2D eigenvalue weighted by molar-refractivity contribution is 5.92. The Bertz CT molecular complexity index is 539. The van der Waals surface area contributed by atoms with Gasteiger partial charge in [-0.05, 0) is 13.0 Å². The Balaban J connectivity index is 2.15. The molecule has 0 unspecified atom stereocenters. The number of fused-ring (bicyclic) bond motifs is 1. The fourth-order valence-corrected chi connectivity index (χ4v) is 2.50. The third kappa shape index (κ3) is 1.67. The van der Waals surface area contributed by atoms with E-state index >= 15 is 0 Å². The van der Waals surface area contributed by atoms with E-state index in [9.17, 15) is 0 Å². The molecular formula is C12H17N5. The van der Waals surface area contributed by atoms with Crippen LogP contribution in [0.3, 0.4) is 0 Å². The Morgan fingerprint density at radius 2 is 2.06 bits per heavy atom. The van der Waals surface area contributed by atoms with Crippen LogP contribution in [-0.4, -0.2) is 40.9 Å². The average Bonchev–Trinajstić information content (AvgIpc) is 2.66. The lowest BCUT2D eigenvalue weighted by atomic mass is 10.2. The predicted molar refractivity (Wildman–Crippen MR) is 68.3 cm³/mol. The van der Waals surface area contributed by atoms with Crippen LogP contribution in [0.2, 0.25) is 0 Å². The molecule has 0 bridgehead atoms. The highest BCUT2D eigenvalue weighted by Gasteiger charge is 2.17. The van der Waals surface area contributed by atoms with Crippen LogP contribution in [0.5, 0.6) is 0 Å². The molecule has 1 N–H and O–H groups in total. The zero-order valence-corrected chi connectivity index (χ0v) is 10.3. The molecule has 2 aromatic rings. The maximum atomic E-state index is 4.55. The molecule has 5 nitrogen and oxygen atoms in total. The largest absolute Gasteiger partial charge is 0.353 e. The zero-order chi connectivity index (χ0) is 11.8. The lowest BCUT2D eigenvalue weighted by molar-refractivity contribution is 0.586. The molecule has 3 rings (SSSR count). The second-order valence-electron chi connectivity index (χ2n) is 4.47. The summed E-state index contributed by atoms with van der Waals surface area (Å²) in [6.45, 7) is 6.13. The molecule has 90 valence electrons. The van der Waals surface area contributed by atoms with E-state index < -0.39 is 0 Å². The highest BCUT2D eigenvalue weighted by atomic mass is 15.3. The van der Waals surface area contributed by atoms with Crippen molar-refractivity contribution in [1.29, 1.82) is 0 Å². The number of hydrogen-bond acceptors (Lipinski definition) is 4. The fourth-order valence-electron chi connectivity index (χ4n) is 2.50. The second-order valence-corrected chi connectivity index (χ2v) is 4.47. The number of hydrogen-bond donors (Lipinski definition) is 1. The van der Waals surface area contributed by atoms with Gasteiger partial charge in [0.1, 0.15) is 5.82 Å². The minimum Gasteiger partial charge on any atom is -0.353 e. The second kappa shape index (κ2) is 4.00. The van der Waals surface area contributed by atoms with Gasteiger partial charge in [-0.2, -0.15) is 5.10 Å². The summed E-state index contributed by atoms with van der Waals surface area (Å²) in [5.74, 6) is 1.08. The smallest absolute Gasteiger partial charge is 0.139 e. The molecular weight excluding hydrogens is 214 g/mol. The summed E-state index contributed by atoms with van der Waals surface area (Å²) < 4.78 is 1.93. The van der Waals surface area contributed by atoms with Crippen molar-refractivity contribution >= 4 is 16.7 Å². The van der Waals surface area contributed by atoms with Crippen molar-refractivity contribution in [2.45, 2.75) is 6.92 Å². The average molecular weight is 231 g/mol. The molecule has 1 fully saturated rings. The number of anilines is 1. The first-order valence-corrected chi connectivity index (χ1v) is 6.01. The van der Waals surface area contributed by atoms with Crippen molar-refractivity contribution in [2.75, 3.05) is 31.1 Å². The van der Waals surface area contributed by atoms with Gasteiger partial charge in [-0.3, -0.25) is 4.68 Å². The molecule has 0 spiro atoms. The van der Waals surface area contributed by atoms with Crippen LogP contribution in [0, 0.1) is 6.92 Å². The third-order valence-electron chi connectivity index (χ3n) is 3.34. The maximum Gasteiger partial charge on any atom is 0.139 e. The van der Waals surface area contributed by atoms with Gasteiger partial charge in [-0.25, -0.2) is 4.98 Å². The van der Waals surface area contributed by atoms with Crippen LogP contribution < -0.4 is 10.2 Å². The molecule has 1 aliphatic heterocycles. The Labute approximate surface area is 100 Å². The molecule has 2 aromatic heterocycles. The summed E-state index contributed by atoms with van der Waals surface area (Å²) in [7, 11) is 1.98. The molecule has 0 atom stereocenters. The van der Waals surface area contributed by atoms with Crippen molar-refractivity contribution in [2.24, 2.45) is 7.05 Å². The van der Waals surface area contributed by atoms with Crippen LogP contribution in [0.15, 0.2) is 12.3 Å². The Morgan fingerprint density at radius 3 is 2.82 bits per heavy atom. The number of pyridine rings is 1. The van der Waals surface area contributed by atoms with E-state index in [4.69, 9.17) is 0 Å². The Morgan fingerprint density at radius 1 is 1.29 bits per heavy atom. The maximum absolute atomic E-state index is 4.55. The van der Waals surface area contributed by atoms with E-state index in [1.165, 1.54) is 5.39 Å². The number of piperazine rings is 1. The van der Waals surface area contributed by atoms with Gasteiger partial charge in [-0.1, -0.05) is 0 Å². The molecule has 1 saturated heterocycles. The number of aryl methyl sites for hydroxylation is 2. The number of nitrogens with one attached hydrogen (secondary N) is 1. The molecule has 0 aromatic carbocycles. The molecule has 5 heteroatoms. The fraction of sp³-hybridized carbons (Fsp3) is 0.500. The van der Waals surface area contributed by atoms with Crippen molar-refractivity contribution in [1.82, 2.24) is 20.1 Å². The van der Waals surface area contributed by atoms with E-state index in [-0.39, 0.29) is 0 Å². The number of rotatable bonds is 1. The monoisotopic (exact) mass is 231 g/mol. The van der Waals surface area contributed by atoms with Gasteiger partial charge in [-0.15, -0.1) is 0 Å². The van der Waals surface area contributed by atoms with Gasteiger partial charge in [0, 0.05) is 39.4 Å². The van der Waals surface area contributed by atoms with Gasteiger partial charge >= 0.3 is 0 Å². The molecule has 0 radical (unpaired) electrons. The summed E-state index contributed by atoms with van der Waals surface area (Å²) in [6, 6.07) is 2.03. The topological polar surface area (TPSA) is 46.0 Å². The first kappa shape index (κ1) is 10.5. The van der Waals surface area contributed by atoms with Gasteiger partial charge in [0.15, 0.2) is 0 Å². The van der Waals surface area contributed by atoms with Crippen LogP contribution in [-0.2, 0) is 7.05 Å². The van der Waals surface area contributed by atoms with Crippen molar-refractivity contribution in [3.8, 4) is 0 Å². The Hall–Kier alpha value is -1.62. The van der Waals surface area contributed by atoms with E-state index in [0.29, 0.717) is 0 Å². The van der Waals surface area contributed by atoms with Gasteiger partial charge in [0.2, 0.25) is 0 Å². The van der Waals surface area contributed by atoms with E-state index in [2.05, 4.69) is 27.2 Å². The first-order valence-electron chi connectivity index (χ1n) is 6.01. The van der Waals surface area contributed by atoms with E-state index in [1.54, 1.807) is 0 Å². The van der Waals surface area contributed by atoms with Crippen molar-refractivity contribution in [3.05, 3.63) is 18.0 Å². The first-order chi connectivity index (χ1) is 8.27. The third-order valence-corrected chi connectivity index (χ3v) is 3.34. The van der Waals surface area contributed by atoms with Crippen molar-refractivity contribution < 1.29 is 0 Å². The summed E-state index contributed by atoms with van der Waals surface area (Å²) in [6.07, 6.45) is 1.88. The minimum atomic E-state index is 1.01. The lowest BCUT2D eigenvalue weighted by Crippen LogP contribution is -2.44. The summed E-state index contributed by atoms with van der Waals surface area (Å²) in [5, 5.41) is 9.03. The van der Waals surface area contributed by atoms with E-state index in [0.717, 1.165) is 43.2 Å². The molecule has 0 amide bonds. The molecule has 0 aliphatic carbocycles. The van der Waals surface area contributed by atoms with Crippen LogP contribution in [0.25, 0.3) is 10.9 Å². The molecule has 1 aliphatic rings. The van der Waals surface area contributed by atoms with Gasteiger partial charge in [0.25, 0.3) is 0 Å². The van der Waals surface area contributed by atoms with Crippen LogP contribution >= 0.6 is 0 Å². The molecule has 3 heterocycles. The minimum absolute atomic E-state index is 1.01. The van der Waals surface area contributed by atoms with Gasteiger partial charge in [0.05, 0.1) is 16.6 Å². The Kier molecular flexibility index (Phi) is 2.48. The predicted octanol–water partition coefficient (Wildman–Crippen LogP) is 0.686. The SMILES string of the molecule is Cc1nn(C)c2ccnc(N3CCNCC3)c12. The van der Waals surface area contributed by atoms with E-state index in [1.807, 2.05) is 24.0 Å². The summed E-state index contributed by atoms with van der Waals surface area (Å²) >= 11 is 0. The highest BCUT2D eigenvalue weighted by Crippen LogP contribution is 2.26. The number of nitrogens with zero attached hydrogens (tertiary/aromatic N) is 4. The van der Waals surface area contributed by atoms with Crippen molar-refractivity contribution in [3.63, 3.8) is 0 Å². The van der Waals surface area contributed by atoms with Crippen LogP contribution in [0.4, 0.5) is 5.82 Å². The molecule has 17 heavy (non-hydrogen) atoms. The summed E-state index contributed by atoms with van der Waals surface area (Å²) in [4.78, 5) is 6.89. The lowest BCUT2D eigenvalue weighted by Gasteiger charge is -2.28. The normalized spacial score (nSPS) is 16.7. The quantitative estimate of drug-likeness (QED) is 0.784. The standard InChI is InChI=1S/C12H17N5/c1-9-11-10(16(2)15-9)3-4-14-12(11)17-7-5-13-6-8-17/h3-4,13H,5-8H2,1-2H3. The van der Waals surface area contributed by atoms with Crippen LogP contribution in [0.1, 0.15) is 5.69 Å². The summed E-state index contributed by atoms with van der Waals surface area (Å²) in [5.41, 5.74) is 2.22.